The topological polar surface area (TPSA) is 37.8 Å². The van der Waals surface area contributed by atoms with Crippen molar-refractivity contribution in [3.63, 3.8) is 0 Å². The van der Waals surface area contributed by atoms with Crippen LogP contribution in [0.1, 0.15) is 24.0 Å². The van der Waals surface area contributed by atoms with E-state index in [1.54, 1.807) is 23.5 Å². The summed E-state index contributed by atoms with van der Waals surface area (Å²) in [4.78, 5) is 9.72. The van der Waals surface area contributed by atoms with Crippen LogP contribution in [-0.2, 0) is 12.8 Å². The van der Waals surface area contributed by atoms with Gasteiger partial charge in [0, 0.05) is 10.9 Å². The van der Waals surface area contributed by atoms with Gasteiger partial charge in [0.2, 0.25) is 0 Å². The van der Waals surface area contributed by atoms with Crippen molar-refractivity contribution in [2.75, 3.05) is 5.32 Å². The highest BCUT2D eigenvalue weighted by molar-refractivity contribution is 7.17. The van der Waals surface area contributed by atoms with Crippen molar-refractivity contribution in [3.8, 4) is 11.1 Å². The lowest BCUT2D eigenvalue weighted by Gasteiger charge is -2.16. The second-order valence-electron chi connectivity index (χ2n) is 6.85. The van der Waals surface area contributed by atoms with E-state index in [0.29, 0.717) is 11.5 Å². The summed E-state index contributed by atoms with van der Waals surface area (Å²) in [6.45, 7) is 0. The Morgan fingerprint density at radius 3 is 2.70 bits per heavy atom. The van der Waals surface area contributed by atoms with Crippen molar-refractivity contribution in [1.82, 2.24) is 9.97 Å². The fourth-order valence-electron chi connectivity index (χ4n) is 3.77. The fraction of sp³-hybridized carbons (Fsp3) is 0.182. The number of thiophene rings is 1. The first kappa shape index (κ1) is 16.4. The number of aryl methyl sites for hydroxylation is 2. The zero-order chi connectivity index (χ0) is 18.2. The molecule has 0 radical (unpaired) electrons. The molecule has 5 rings (SSSR count). The molecular weight excluding hydrogens is 357 g/mol. The summed E-state index contributed by atoms with van der Waals surface area (Å²) in [7, 11) is 0. The van der Waals surface area contributed by atoms with Crippen LogP contribution in [-0.4, -0.2) is 9.97 Å². The molecule has 0 bridgehead atoms. The third-order valence-corrected chi connectivity index (χ3v) is 6.04. The van der Waals surface area contributed by atoms with Crippen LogP contribution in [0, 0.1) is 5.82 Å². The minimum absolute atomic E-state index is 0.296. The number of anilines is 2. The number of benzene rings is 2. The van der Waals surface area contributed by atoms with Crippen molar-refractivity contribution in [2.24, 2.45) is 0 Å². The Labute approximate surface area is 160 Å². The molecule has 0 amide bonds. The summed E-state index contributed by atoms with van der Waals surface area (Å²) in [5, 5.41) is 6.22. The predicted octanol–water partition coefficient (Wildman–Crippen LogP) is 6.12. The Hall–Kier alpha value is -2.79. The molecule has 0 atom stereocenters. The van der Waals surface area contributed by atoms with Crippen LogP contribution in [0.3, 0.4) is 0 Å². The van der Waals surface area contributed by atoms with Gasteiger partial charge in [-0.2, -0.15) is 0 Å². The summed E-state index contributed by atoms with van der Waals surface area (Å²) < 4.78 is 14.1. The first-order valence-electron chi connectivity index (χ1n) is 9.15. The molecule has 0 aliphatic heterocycles. The van der Waals surface area contributed by atoms with Crippen LogP contribution in [0.2, 0.25) is 0 Å². The maximum absolute atomic E-state index is 14.1. The largest absolute Gasteiger partial charge is 0.337 e. The van der Waals surface area contributed by atoms with E-state index in [0.717, 1.165) is 22.2 Å². The molecule has 0 saturated heterocycles. The summed E-state index contributed by atoms with van der Waals surface area (Å²) in [6, 6.07) is 13.4. The number of fused-ring (bicyclic) bond motifs is 2. The first-order valence-corrected chi connectivity index (χ1v) is 10.0. The number of para-hydroxylation sites is 1. The van der Waals surface area contributed by atoms with Crippen molar-refractivity contribution in [2.45, 2.75) is 25.7 Å². The third-order valence-electron chi connectivity index (χ3n) is 5.16. The van der Waals surface area contributed by atoms with E-state index in [4.69, 9.17) is 0 Å². The molecule has 5 heteroatoms. The van der Waals surface area contributed by atoms with Gasteiger partial charge in [0.15, 0.2) is 0 Å². The molecule has 2 heterocycles. The Morgan fingerprint density at radius 2 is 1.81 bits per heavy atom. The summed E-state index contributed by atoms with van der Waals surface area (Å²) >= 11 is 1.59. The van der Waals surface area contributed by atoms with Crippen LogP contribution >= 0.6 is 11.3 Å². The van der Waals surface area contributed by atoms with Crippen molar-refractivity contribution >= 4 is 33.1 Å². The highest BCUT2D eigenvalue weighted by Gasteiger charge is 2.16. The summed E-state index contributed by atoms with van der Waals surface area (Å²) in [5.41, 5.74) is 5.60. The lowest BCUT2D eigenvalue weighted by atomic mass is 9.89. The molecule has 2 aromatic carbocycles. The number of rotatable bonds is 3. The van der Waals surface area contributed by atoms with Gasteiger partial charge < -0.3 is 5.32 Å². The zero-order valence-corrected chi connectivity index (χ0v) is 15.5. The van der Waals surface area contributed by atoms with Crippen molar-refractivity contribution in [3.05, 3.63) is 71.1 Å². The second-order valence-corrected chi connectivity index (χ2v) is 7.71. The third kappa shape index (κ3) is 2.98. The smallest absolute Gasteiger partial charge is 0.146 e. The van der Waals surface area contributed by atoms with Crippen molar-refractivity contribution in [1.29, 1.82) is 0 Å². The molecule has 1 aliphatic rings. The van der Waals surface area contributed by atoms with E-state index in [2.05, 4.69) is 38.9 Å². The molecule has 0 spiro atoms. The maximum atomic E-state index is 14.1. The lowest BCUT2D eigenvalue weighted by Crippen LogP contribution is -2.02. The van der Waals surface area contributed by atoms with Gasteiger partial charge in [-0.05, 0) is 54.5 Å². The monoisotopic (exact) mass is 375 g/mol. The summed E-state index contributed by atoms with van der Waals surface area (Å²) in [5.74, 6) is 0.342. The molecule has 1 aliphatic carbocycles. The minimum atomic E-state index is -0.296. The SMILES string of the molecule is Fc1ccccc1Nc1ncnc2scc(-c3ccc4c(c3)CCCC4)c12. The van der Waals surface area contributed by atoms with Gasteiger partial charge in [0.05, 0.1) is 11.1 Å². The van der Waals surface area contributed by atoms with E-state index in [1.165, 1.54) is 48.3 Å². The molecule has 27 heavy (non-hydrogen) atoms. The van der Waals surface area contributed by atoms with Crippen LogP contribution in [0.5, 0.6) is 0 Å². The molecule has 134 valence electrons. The van der Waals surface area contributed by atoms with Gasteiger partial charge in [-0.25, -0.2) is 14.4 Å². The average Bonchev–Trinajstić information content (AvgIpc) is 3.14. The van der Waals surface area contributed by atoms with E-state index >= 15 is 0 Å². The predicted molar refractivity (Wildman–Crippen MR) is 109 cm³/mol. The Morgan fingerprint density at radius 1 is 0.963 bits per heavy atom. The fourth-order valence-corrected chi connectivity index (χ4v) is 4.69. The van der Waals surface area contributed by atoms with E-state index in [1.807, 2.05) is 6.07 Å². The quantitative estimate of drug-likeness (QED) is 0.469. The van der Waals surface area contributed by atoms with E-state index in [9.17, 15) is 4.39 Å². The standard InChI is InChI=1S/C22H18FN3S/c23-18-7-3-4-8-19(18)26-21-20-17(12-27-22(20)25-13-24-21)16-10-9-14-5-1-2-6-15(14)11-16/h3-4,7-13H,1-2,5-6H2,(H,24,25,26). The average molecular weight is 375 g/mol. The molecule has 0 unspecified atom stereocenters. The maximum Gasteiger partial charge on any atom is 0.146 e. The van der Waals surface area contributed by atoms with E-state index in [-0.39, 0.29) is 5.82 Å². The van der Waals surface area contributed by atoms with Gasteiger partial charge in [-0.1, -0.05) is 30.3 Å². The number of hydrogen-bond acceptors (Lipinski definition) is 4. The van der Waals surface area contributed by atoms with Crippen LogP contribution in [0.15, 0.2) is 54.2 Å². The normalized spacial score (nSPS) is 13.5. The second kappa shape index (κ2) is 6.74. The number of aromatic nitrogens is 2. The minimum Gasteiger partial charge on any atom is -0.337 e. The van der Waals surface area contributed by atoms with Gasteiger partial charge in [-0.3, -0.25) is 0 Å². The van der Waals surface area contributed by atoms with Crippen molar-refractivity contribution < 1.29 is 4.39 Å². The Kier molecular flexibility index (Phi) is 4.09. The lowest BCUT2D eigenvalue weighted by molar-refractivity contribution is 0.632. The Bertz CT molecular complexity index is 1140. The zero-order valence-electron chi connectivity index (χ0n) is 14.7. The molecule has 0 saturated carbocycles. The van der Waals surface area contributed by atoms with E-state index < -0.39 is 0 Å². The van der Waals surface area contributed by atoms with Gasteiger partial charge in [0.25, 0.3) is 0 Å². The van der Waals surface area contributed by atoms with Gasteiger partial charge >= 0.3 is 0 Å². The molecule has 4 aromatic rings. The van der Waals surface area contributed by atoms with Crippen LogP contribution in [0.25, 0.3) is 21.3 Å². The number of nitrogens with one attached hydrogen (secondary N) is 1. The van der Waals surface area contributed by atoms with Gasteiger partial charge in [-0.15, -0.1) is 11.3 Å². The molecule has 1 N–H and O–H groups in total. The molecule has 2 aromatic heterocycles. The van der Waals surface area contributed by atoms with Crippen LogP contribution in [0.4, 0.5) is 15.9 Å². The highest BCUT2D eigenvalue weighted by Crippen LogP contribution is 2.38. The molecule has 3 nitrogen and oxygen atoms in total. The number of hydrogen-bond donors (Lipinski definition) is 1. The number of halogens is 1. The highest BCUT2D eigenvalue weighted by atomic mass is 32.1. The molecule has 0 fully saturated rings. The molecular formula is C22H18FN3S. The van der Waals surface area contributed by atoms with Gasteiger partial charge in [0.1, 0.15) is 22.8 Å². The Balaban J connectivity index is 1.63. The summed E-state index contributed by atoms with van der Waals surface area (Å²) in [6.07, 6.45) is 6.37. The number of nitrogens with zero attached hydrogens (tertiary/aromatic N) is 2. The van der Waals surface area contributed by atoms with Crippen LogP contribution < -0.4 is 5.32 Å². The first-order chi connectivity index (χ1) is 13.3.